The monoisotopic (exact) mass is 337 g/mol. The number of rotatable bonds is 5. The van der Waals surface area contributed by atoms with Crippen LogP contribution < -0.4 is 5.32 Å². The van der Waals surface area contributed by atoms with E-state index >= 15 is 0 Å². The summed E-state index contributed by atoms with van der Waals surface area (Å²) in [5, 5.41) is 3.23. The van der Waals surface area contributed by atoms with E-state index in [1.165, 1.54) is 0 Å². The smallest absolute Gasteiger partial charge is 0.257 e. The van der Waals surface area contributed by atoms with Crippen molar-refractivity contribution in [3.63, 3.8) is 0 Å². The minimum absolute atomic E-state index is 0.492. The minimum Gasteiger partial charge on any atom is -0.347 e. The lowest BCUT2D eigenvalue weighted by atomic mass is 9.95. The van der Waals surface area contributed by atoms with E-state index in [0.717, 1.165) is 0 Å². The van der Waals surface area contributed by atoms with Gasteiger partial charge < -0.3 is 5.32 Å². The molecule has 0 heterocycles. The first-order valence-electron chi connectivity index (χ1n) is 5.86. The Hall–Kier alpha value is -1.04. The Balaban J connectivity index is 3.02. The van der Waals surface area contributed by atoms with E-state index in [0.29, 0.717) is 30.3 Å². The summed E-state index contributed by atoms with van der Waals surface area (Å²) >= 11 is 3.26. The molecule has 0 spiro atoms. The molecule has 0 aliphatic rings. The van der Waals surface area contributed by atoms with Gasteiger partial charge in [-0.3, -0.25) is 4.79 Å². The summed E-state index contributed by atoms with van der Waals surface area (Å²) < 4.78 is 39.7. The molecule has 106 valence electrons. The molecule has 0 aliphatic heterocycles. The Bertz CT molecular complexity index is 458. The number of carbonyl (C=O) groups is 1. The van der Waals surface area contributed by atoms with Crippen LogP contribution in [-0.4, -0.2) is 16.8 Å². The number of benzene rings is 1. The molecule has 0 saturated heterocycles. The highest BCUT2D eigenvalue weighted by Crippen LogP contribution is 2.19. The van der Waals surface area contributed by atoms with Crippen LogP contribution in [-0.2, 0) is 0 Å². The topological polar surface area (TPSA) is 29.1 Å². The highest BCUT2D eigenvalue weighted by atomic mass is 79.9. The Labute approximate surface area is 118 Å². The fraction of sp³-hybridized carbons (Fsp3) is 0.462. The van der Waals surface area contributed by atoms with Crippen molar-refractivity contribution in [3.05, 3.63) is 35.1 Å². The van der Waals surface area contributed by atoms with Crippen LogP contribution >= 0.6 is 15.9 Å². The molecule has 1 aromatic rings. The summed E-state index contributed by atoms with van der Waals surface area (Å²) in [6.07, 6.45) is 1.22. The fourth-order valence-corrected chi connectivity index (χ4v) is 2.51. The van der Waals surface area contributed by atoms with Crippen LogP contribution in [0.5, 0.6) is 0 Å². The molecule has 0 fully saturated rings. The second kappa shape index (κ2) is 6.41. The first-order chi connectivity index (χ1) is 8.83. The SMILES string of the molecule is CCC(C)(CCBr)NC(=O)c1c(F)cc(F)cc1F. The van der Waals surface area contributed by atoms with Gasteiger partial charge in [0.15, 0.2) is 0 Å². The van der Waals surface area contributed by atoms with Crippen molar-refractivity contribution in [2.75, 3.05) is 5.33 Å². The van der Waals surface area contributed by atoms with E-state index < -0.39 is 34.5 Å². The lowest BCUT2D eigenvalue weighted by Crippen LogP contribution is -2.46. The van der Waals surface area contributed by atoms with Crippen molar-refractivity contribution in [1.82, 2.24) is 5.32 Å². The van der Waals surface area contributed by atoms with Gasteiger partial charge in [-0.15, -0.1) is 0 Å². The predicted octanol–water partition coefficient (Wildman–Crippen LogP) is 3.79. The van der Waals surface area contributed by atoms with Gasteiger partial charge in [0.05, 0.1) is 0 Å². The van der Waals surface area contributed by atoms with Gasteiger partial charge in [-0.2, -0.15) is 0 Å². The van der Waals surface area contributed by atoms with E-state index in [1.807, 2.05) is 6.92 Å². The number of nitrogens with one attached hydrogen (secondary N) is 1. The van der Waals surface area contributed by atoms with Crippen molar-refractivity contribution >= 4 is 21.8 Å². The van der Waals surface area contributed by atoms with Gasteiger partial charge in [0.2, 0.25) is 0 Å². The van der Waals surface area contributed by atoms with E-state index in [2.05, 4.69) is 21.2 Å². The maximum atomic E-state index is 13.5. The third-order valence-corrected chi connectivity index (χ3v) is 3.47. The molecule has 1 unspecified atom stereocenters. The molecule has 1 aromatic carbocycles. The molecule has 1 rings (SSSR count). The van der Waals surface area contributed by atoms with Crippen molar-refractivity contribution in [2.24, 2.45) is 0 Å². The van der Waals surface area contributed by atoms with Crippen LogP contribution in [0.15, 0.2) is 12.1 Å². The highest BCUT2D eigenvalue weighted by Gasteiger charge is 2.27. The van der Waals surface area contributed by atoms with E-state index in [-0.39, 0.29) is 0 Å². The molecule has 0 saturated carbocycles. The van der Waals surface area contributed by atoms with Gasteiger partial charge >= 0.3 is 0 Å². The molecule has 6 heteroatoms. The van der Waals surface area contributed by atoms with Crippen LogP contribution in [0.1, 0.15) is 37.0 Å². The molecule has 0 radical (unpaired) electrons. The maximum Gasteiger partial charge on any atom is 0.257 e. The number of carbonyl (C=O) groups excluding carboxylic acids is 1. The van der Waals surface area contributed by atoms with Crippen LogP contribution in [0.4, 0.5) is 13.2 Å². The Morgan fingerprint density at radius 2 is 1.84 bits per heavy atom. The number of amides is 1. The summed E-state index contributed by atoms with van der Waals surface area (Å²) in [4.78, 5) is 11.9. The van der Waals surface area contributed by atoms with Gasteiger partial charge in [0.1, 0.15) is 23.0 Å². The summed E-state index contributed by atoms with van der Waals surface area (Å²) in [6.45, 7) is 3.64. The Kier molecular flexibility index (Phi) is 5.40. The number of halogens is 4. The molecule has 0 bridgehead atoms. The molecule has 1 amide bonds. The van der Waals surface area contributed by atoms with Crippen molar-refractivity contribution in [1.29, 1.82) is 0 Å². The largest absolute Gasteiger partial charge is 0.347 e. The zero-order chi connectivity index (χ0) is 14.6. The quantitative estimate of drug-likeness (QED) is 0.814. The predicted molar refractivity (Wildman–Crippen MR) is 70.9 cm³/mol. The van der Waals surface area contributed by atoms with E-state index in [9.17, 15) is 18.0 Å². The van der Waals surface area contributed by atoms with Crippen molar-refractivity contribution < 1.29 is 18.0 Å². The molecule has 19 heavy (non-hydrogen) atoms. The first kappa shape index (κ1) is 16.0. The standard InChI is InChI=1S/C13H15BrF3NO/c1-3-13(2,4-5-14)18-12(19)11-9(16)6-8(15)7-10(11)17/h6-7H,3-5H2,1-2H3,(H,18,19). The van der Waals surface area contributed by atoms with Crippen molar-refractivity contribution in [2.45, 2.75) is 32.2 Å². The van der Waals surface area contributed by atoms with Gasteiger partial charge in [0, 0.05) is 23.0 Å². The van der Waals surface area contributed by atoms with Gasteiger partial charge in [-0.1, -0.05) is 22.9 Å². The molecule has 1 N–H and O–H groups in total. The van der Waals surface area contributed by atoms with Gasteiger partial charge in [-0.05, 0) is 19.8 Å². The Morgan fingerprint density at radius 1 is 1.32 bits per heavy atom. The number of hydrogen-bond acceptors (Lipinski definition) is 1. The van der Waals surface area contributed by atoms with Crippen LogP contribution in [0, 0.1) is 17.5 Å². The highest BCUT2D eigenvalue weighted by molar-refractivity contribution is 9.09. The molecule has 2 nitrogen and oxygen atoms in total. The lowest BCUT2D eigenvalue weighted by Gasteiger charge is -2.29. The average molecular weight is 338 g/mol. The Morgan fingerprint density at radius 3 is 2.26 bits per heavy atom. The zero-order valence-electron chi connectivity index (χ0n) is 10.7. The van der Waals surface area contributed by atoms with Gasteiger partial charge in [-0.25, -0.2) is 13.2 Å². The van der Waals surface area contributed by atoms with Crippen LogP contribution in [0.25, 0.3) is 0 Å². The maximum absolute atomic E-state index is 13.5. The molecular weight excluding hydrogens is 323 g/mol. The minimum atomic E-state index is -1.20. The number of hydrogen-bond donors (Lipinski definition) is 1. The second-order valence-electron chi connectivity index (χ2n) is 4.55. The average Bonchev–Trinajstić information content (AvgIpc) is 2.27. The summed E-state index contributed by atoms with van der Waals surface area (Å²) in [6, 6.07) is 0.984. The zero-order valence-corrected chi connectivity index (χ0v) is 12.3. The third kappa shape index (κ3) is 3.96. The molecule has 0 aliphatic carbocycles. The normalized spacial score (nSPS) is 14.0. The van der Waals surface area contributed by atoms with Crippen LogP contribution in [0.2, 0.25) is 0 Å². The van der Waals surface area contributed by atoms with Gasteiger partial charge in [0.25, 0.3) is 5.91 Å². The summed E-state index contributed by atoms with van der Waals surface area (Å²) in [5.74, 6) is -4.33. The number of alkyl halides is 1. The fourth-order valence-electron chi connectivity index (χ4n) is 1.63. The van der Waals surface area contributed by atoms with E-state index in [1.54, 1.807) is 6.92 Å². The van der Waals surface area contributed by atoms with Crippen LogP contribution in [0.3, 0.4) is 0 Å². The summed E-state index contributed by atoms with van der Waals surface area (Å²) in [7, 11) is 0. The third-order valence-electron chi connectivity index (χ3n) is 3.08. The lowest BCUT2D eigenvalue weighted by molar-refractivity contribution is 0.0893. The molecule has 1 atom stereocenters. The molecular formula is C13H15BrF3NO. The van der Waals surface area contributed by atoms with E-state index in [4.69, 9.17) is 0 Å². The second-order valence-corrected chi connectivity index (χ2v) is 5.34. The first-order valence-corrected chi connectivity index (χ1v) is 6.98. The summed E-state index contributed by atoms with van der Waals surface area (Å²) in [5.41, 5.74) is -1.33. The molecule has 0 aromatic heterocycles. The van der Waals surface area contributed by atoms with Crippen molar-refractivity contribution in [3.8, 4) is 0 Å².